The first-order valence-corrected chi connectivity index (χ1v) is 7.65. The second-order valence-electron chi connectivity index (χ2n) is 5.74. The summed E-state index contributed by atoms with van der Waals surface area (Å²) in [6, 6.07) is 10.2. The van der Waals surface area contributed by atoms with Gasteiger partial charge in [-0.1, -0.05) is 37.3 Å². The zero-order valence-corrected chi connectivity index (χ0v) is 12.3. The van der Waals surface area contributed by atoms with E-state index in [4.69, 9.17) is 4.74 Å². The summed E-state index contributed by atoms with van der Waals surface area (Å²) in [5, 5.41) is 2.97. The fraction of sp³-hybridized carbons (Fsp3) is 0.588. The minimum atomic E-state index is 0.128. The largest absolute Gasteiger partial charge is 0.381 e. The molecular weight excluding hydrogens is 250 g/mol. The topological polar surface area (TPSA) is 38.3 Å². The van der Waals surface area contributed by atoms with Crippen LogP contribution in [0.5, 0.6) is 0 Å². The van der Waals surface area contributed by atoms with Crippen LogP contribution < -0.4 is 5.32 Å². The third-order valence-electron chi connectivity index (χ3n) is 3.70. The van der Waals surface area contributed by atoms with Crippen molar-refractivity contribution in [2.24, 2.45) is 5.92 Å². The van der Waals surface area contributed by atoms with Crippen LogP contribution in [0.2, 0.25) is 0 Å². The zero-order valence-electron chi connectivity index (χ0n) is 12.3. The van der Waals surface area contributed by atoms with E-state index in [1.54, 1.807) is 0 Å². The van der Waals surface area contributed by atoms with Gasteiger partial charge < -0.3 is 10.1 Å². The van der Waals surface area contributed by atoms with Crippen LogP contribution in [0.4, 0.5) is 0 Å². The Labute approximate surface area is 121 Å². The lowest BCUT2D eigenvalue weighted by Crippen LogP contribution is -2.26. The molecular formula is C17H25NO2. The number of nitrogens with one attached hydrogen (secondary N) is 1. The van der Waals surface area contributed by atoms with Gasteiger partial charge in [0.1, 0.15) is 0 Å². The van der Waals surface area contributed by atoms with Gasteiger partial charge in [0.05, 0.1) is 0 Å². The number of amides is 1. The van der Waals surface area contributed by atoms with Crippen LogP contribution in [-0.2, 0) is 9.53 Å². The first kappa shape index (κ1) is 15.0. The van der Waals surface area contributed by atoms with Crippen molar-refractivity contribution in [2.75, 3.05) is 19.8 Å². The average molecular weight is 275 g/mol. The summed E-state index contributed by atoms with van der Waals surface area (Å²) in [5.41, 5.74) is 1.22. The minimum Gasteiger partial charge on any atom is -0.381 e. The van der Waals surface area contributed by atoms with Crippen molar-refractivity contribution in [2.45, 2.75) is 38.5 Å². The van der Waals surface area contributed by atoms with Crippen LogP contribution in [0.1, 0.15) is 44.1 Å². The molecule has 3 nitrogen and oxygen atoms in total. The molecule has 0 aliphatic heterocycles. The van der Waals surface area contributed by atoms with Crippen LogP contribution >= 0.6 is 0 Å². The number of hydrogen-bond acceptors (Lipinski definition) is 2. The van der Waals surface area contributed by atoms with Crippen LogP contribution in [0, 0.1) is 5.92 Å². The van der Waals surface area contributed by atoms with Crippen LogP contribution in [-0.4, -0.2) is 25.7 Å². The molecule has 1 aromatic rings. The summed E-state index contributed by atoms with van der Waals surface area (Å²) < 4.78 is 5.54. The van der Waals surface area contributed by atoms with Crippen molar-refractivity contribution in [3.8, 4) is 0 Å². The molecule has 110 valence electrons. The summed E-state index contributed by atoms with van der Waals surface area (Å²) in [4.78, 5) is 11.8. The van der Waals surface area contributed by atoms with E-state index in [0.29, 0.717) is 13.0 Å². The molecule has 1 amide bonds. The van der Waals surface area contributed by atoms with Gasteiger partial charge in [0.25, 0.3) is 0 Å². The quantitative estimate of drug-likeness (QED) is 0.703. The normalized spacial score (nSPS) is 15.8. The van der Waals surface area contributed by atoms with E-state index in [0.717, 1.165) is 25.6 Å². The molecule has 0 heterocycles. The Morgan fingerprint density at radius 3 is 2.80 bits per heavy atom. The van der Waals surface area contributed by atoms with E-state index in [1.807, 2.05) is 18.2 Å². The standard InChI is InChI=1S/C17H25NO2/c1-14(16-6-3-2-4-7-16)12-17(19)18-10-5-11-20-13-15-8-9-15/h2-4,6-7,14-15H,5,8-13H2,1H3,(H,18,19). The van der Waals surface area contributed by atoms with Crippen LogP contribution in [0.25, 0.3) is 0 Å². The molecule has 2 rings (SSSR count). The third kappa shape index (κ3) is 5.74. The molecule has 0 bridgehead atoms. The molecule has 1 aliphatic carbocycles. The Morgan fingerprint density at radius 1 is 1.35 bits per heavy atom. The first-order valence-electron chi connectivity index (χ1n) is 7.65. The Kier molecular flexibility index (Phi) is 6.06. The van der Waals surface area contributed by atoms with E-state index >= 15 is 0 Å². The molecule has 3 heteroatoms. The number of carbonyl (C=O) groups excluding carboxylic acids is 1. The van der Waals surface area contributed by atoms with Crippen molar-refractivity contribution < 1.29 is 9.53 Å². The molecule has 0 saturated heterocycles. The maximum absolute atomic E-state index is 11.8. The molecule has 1 unspecified atom stereocenters. The molecule has 0 spiro atoms. The Balaban J connectivity index is 1.53. The van der Waals surface area contributed by atoms with Gasteiger partial charge in [-0.2, -0.15) is 0 Å². The smallest absolute Gasteiger partial charge is 0.220 e. The lowest BCUT2D eigenvalue weighted by atomic mass is 9.98. The van der Waals surface area contributed by atoms with Crippen molar-refractivity contribution in [1.82, 2.24) is 5.32 Å². The van der Waals surface area contributed by atoms with Gasteiger partial charge in [-0.15, -0.1) is 0 Å². The zero-order chi connectivity index (χ0) is 14.2. The molecule has 1 atom stereocenters. The fourth-order valence-electron chi connectivity index (χ4n) is 2.19. The van der Waals surface area contributed by atoms with Crippen molar-refractivity contribution in [3.05, 3.63) is 35.9 Å². The predicted octanol–water partition coefficient (Wildman–Crippen LogP) is 3.11. The average Bonchev–Trinajstić information content (AvgIpc) is 3.27. The van der Waals surface area contributed by atoms with Crippen molar-refractivity contribution >= 4 is 5.91 Å². The summed E-state index contributed by atoms with van der Waals surface area (Å²) in [6.07, 6.45) is 4.10. The van der Waals surface area contributed by atoms with E-state index in [-0.39, 0.29) is 11.8 Å². The number of rotatable bonds is 9. The van der Waals surface area contributed by atoms with Crippen molar-refractivity contribution in [1.29, 1.82) is 0 Å². The lowest BCUT2D eigenvalue weighted by molar-refractivity contribution is -0.121. The molecule has 20 heavy (non-hydrogen) atoms. The van der Waals surface area contributed by atoms with E-state index in [2.05, 4.69) is 24.4 Å². The minimum absolute atomic E-state index is 0.128. The molecule has 1 N–H and O–H groups in total. The third-order valence-corrected chi connectivity index (χ3v) is 3.70. The van der Waals surface area contributed by atoms with Gasteiger partial charge in [-0.25, -0.2) is 0 Å². The highest BCUT2D eigenvalue weighted by molar-refractivity contribution is 5.76. The molecule has 1 aliphatic rings. The lowest BCUT2D eigenvalue weighted by Gasteiger charge is -2.12. The second-order valence-corrected chi connectivity index (χ2v) is 5.74. The summed E-state index contributed by atoms with van der Waals surface area (Å²) in [7, 11) is 0. The van der Waals surface area contributed by atoms with E-state index < -0.39 is 0 Å². The van der Waals surface area contributed by atoms with E-state index in [9.17, 15) is 4.79 Å². The number of hydrogen-bond donors (Lipinski definition) is 1. The predicted molar refractivity (Wildman–Crippen MR) is 80.6 cm³/mol. The van der Waals surface area contributed by atoms with Gasteiger partial charge in [0.15, 0.2) is 0 Å². The highest BCUT2D eigenvalue weighted by atomic mass is 16.5. The molecule has 0 radical (unpaired) electrons. The maximum atomic E-state index is 11.8. The van der Waals surface area contributed by atoms with Gasteiger partial charge in [0.2, 0.25) is 5.91 Å². The van der Waals surface area contributed by atoms with Crippen LogP contribution in [0.15, 0.2) is 30.3 Å². The van der Waals surface area contributed by atoms with Gasteiger partial charge >= 0.3 is 0 Å². The molecule has 0 aromatic heterocycles. The summed E-state index contributed by atoms with van der Waals surface area (Å²) in [6.45, 7) is 4.46. The Morgan fingerprint density at radius 2 is 2.10 bits per heavy atom. The first-order chi connectivity index (χ1) is 9.75. The molecule has 1 fully saturated rings. The molecule has 1 aromatic carbocycles. The maximum Gasteiger partial charge on any atom is 0.220 e. The molecule has 1 saturated carbocycles. The monoisotopic (exact) mass is 275 g/mol. The fourth-order valence-corrected chi connectivity index (χ4v) is 2.19. The van der Waals surface area contributed by atoms with Gasteiger partial charge in [-0.3, -0.25) is 4.79 Å². The Hall–Kier alpha value is -1.35. The number of ether oxygens (including phenoxy) is 1. The SMILES string of the molecule is CC(CC(=O)NCCCOCC1CC1)c1ccccc1. The van der Waals surface area contributed by atoms with Crippen LogP contribution in [0.3, 0.4) is 0 Å². The number of carbonyl (C=O) groups is 1. The van der Waals surface area contributed by atoms with Gasteiger partial charge in [0, 0.05) is 26.2 Å². The van der Waals surface area contributed by atoms with Gasteiger partial charge in [-0.05, 0) is 36.7 Å². The highest BCUT2D eigenvalue weighted by Crippen LogP contribution is 2.28. The van der Waals surface area contributed by atoms with E-state index in [1.165, 1.54) is 18.4 Å². The Bertz CT molecular complexity index is 401. The second kappa shape index (κ2) is 8.05. The number of benzene rings is 1. The summed E-state index contributed by atoms with van der Waals surface area (Å²) >= 11 is 0. The van der Waals surface area contributed by atoms with Crippen molar-refractivity contribution in [3.63, 3.8) is 0 Å². The highest BCUT2D eigenvalue weighted by Gasteiger charge is 2.20. The summed E-state index contributed by atoms with van der Waals surface area (Å²) in [5.74, 6) is 1.21.